The second kappa shape index (κ2) is 7.53. The fourth-order valence-electron chi connectivity index (χ4n) is 3.24. The molecule has 0 spiro atoms. The van der Waals surface area contributed by atoms with Gasteiger partial charge in [0.2, 0.25) is 0 Å². The van der Waals surface area contributed by atoms with Gasteiger partial charge in [-0.25, -0.2) is 15.0 Å². The van der Waals surface area contributed by atoms with Crippen LogP contribution in [0.3, 0.4) is 0 Å². The van der Waals surface area contributed by atoms with Crippen molar-refractivity contribution in [1.29, 1.82) is 0 Å². The maximum atomic E-state index is 4.50. The first-order valence-electron chi connectivity index (χ1n) is 8.94. The number of benzene rings is 1. The number of nitrogens with zero attached hydrogens (tertiary/aromatic N) is 5. The summed E-state index contributed by atoms with van der Waals surface area (Å²) >= 11 is 0. The van der Waals surface area contributed by atoms with Crippen LogP contribution in [-0.2, 0) is 26.2 Å². The van der Waals surface area contributed by atoms with E-state index in [0.717, 1.165) is 49.8 Å². The number of fused-ring (bicyclic) bond motifs is 1. The molecule has 0 amide bonds. The Balaban J connectivity index is 1.57. The van der Waals surface area contributed by atoms with Gasteiger partial charge in [0, 0.05) is 37.9 Å². The van der Waals surface area contributed by atoms with Gasteiger partial charge in [-0.2, -0.15) is 0 Å². The highest BCUT2D eigenvalue weighted by molar-refractivity contribution is 5.76. The first-order chi connectivity index (χ1) is 12.8. The largest absolute Gasteiger partial charge is 0.348 e. The lowest BCUT2D eigenvalue weighted by atomic mass is 10.2. The molecule has 4 aromatic rings. The minimum Gasteiger partial charge on any atom is -0.348 e. The first-order valence-corrected chi connectivity index (χ1v) is 8.94. The van der Waals surface area contributed by atoms with Gasteiger partial charge in [0.25, 0.3) is 0 Å². The quantitative estimate of drug-likeness (QED) is 0.512. The molecule has 3 heterocycles. The van der Waals surface area contributed by atoms with Crippen molar-refractivity contribution in [3.8, 4) is 0 Å². The molecule has 4 rings (SSSR count). The van der Waals surface area contributed by atoms with Gasteiger partial charge < -0.3 is 14.5 Å². The topological polar surface area (TPSA) is 78.4 Å². The van der Waals surface area contributed by atoms with Gasteiger partial charge in [-0.15, -0.1) is 0 Å². The Morgan fingerprint density at radius 1 is 0.962 bits per heavy atom. The molecular formula is C19H23N7. The third-order valence-electron chi connectivity index (χ3n) is 4.41. The lowest BCUT2D eigenvalue weighted by Gasteiger charge is -2.20. The van der Waals surface area contributed by atoms with Gasteiger partial charge >= 0.3 is 0 Å². The minimum absolute atomic E-state index is 0.736. The SMILES string of the molecule is CCCn1cnc2ccc(CN(Cc3ncc[nH]3)Cc3ncc[nH]3)cc21. The van der Waals surface area contributed by atoms with E-state index < -0.39 is 0 Å². The number of hydrogen-bond donors (Lipinski definition) is 2. The molecule has 0 aliphatic carbocycles. The maximum Gasteiger partial charge on any atom is 0.120 e. The van der Waals surface area contributed by atoms with Crippen molar-refractivity contribution >= 4 is 11.0 Å². The average Bonchev–Trinajstić information content (AvgIpc) is 3.38. The van der Waals surface area contributed by atoms with Crippen LogP contribution in [0.5, 0.6) is 0 Å². The first kappa shape index (κ1) is 16.5. The summed E-state index contributed by atoms with van der Waals surface area (Å²) in [5, 5.41) is 0. The fraction of sp³-hybridized carbons (Fsp3) is 0.316. The molecule has 0 unspecified atom stereocenters. The Morgan fingerprint density at radius 3 is 2.31 bits per heavy atom. The van der Waals surface area contributed by atoms with Crippen LogP contribution in [0.2, 0.25) is 0 Å². The number of imidazole rings is 3. The van der Waals surface area contributed by atoms with Crippen molar-refractivity contribution < 1.29 is 0 Å². The predicted octanol–water partition coefficient (Wildman–Crippen LogP) is 3.09. The molecule has 3 aromatic heterocycles. The maximum absolute atomic E-state index is 4.50. The molecule has 7 heteroatoms. The van der Waals surface area contributed by atoms with Crippen molar-refractivity contribution in [2.24, 2.45) is 0 Å². The van der Waals surface area contributed by atoms with Gasteiger partial charge in [-0.05, 0) is 24.1 Å². The summed E-state index contributed by atoms with van der Waals surface area (Å²) in [6.07, 6.45) is 10.3. The van der Waals surface area contributed by atoms with Crippen LogP contribution in [-0.4, -0.2) is 34.4 Å². The van der Waals surface area contributed by atoms with Gasteiger partial charge in [0.1, 0.15) is 11.6 Å². The Hall–Kier alpha value is -2.93. The van der Waals surface area contributed by atoms with Crippen LogP contribution < -0.4 is 0 Å². The summed E-state index contributed by atoms with van der Waals surface area (Å²) in [7, 11) is 0. The Labute approximate surface area is 152 Å². The van der Waals surface area contributed by atoms with E-state index >= 15 is 0 Å². The molecule has 0 radical (unpaired) electrons. The van der Waals surface area contributed by atoms with E-state index in [4.69, 9.17) is 0 Å². The molecule has 0 atom stereocenters. The van der Waals surface area contributed by atoms with Crippen LogP contribution in [0.15, 0.2) is 49.3 Å². The van der Waals surface area contributed by atoms with Crippen LogP contribution >= 0.6 is 0 Å². The number of nitrogens with one attached hydrogen (secondary N) is 2. The lowest BCUT2D eigenvalue weighted by molar-refractivity contribution is 0.236. The molecule has 0 aliphatic heterocycles. The number of hydrogen-bond acceptors (Lipinski definition) is 4. The molecule has 2 N–H and O–H groups in total. The van der Waals surface area contributed by atoms with E-state index in [2.05, 4.69) is 59.5 Å². The molecule has 7 nitrogen and oxygen atoms in total. The number of aromatic nitrogens is 6. The summed E-state index contributed by atoms with van der Waals surface area (Å²) < 4.78 is 2.22. The molecule has 0 fully saturated rings. The molecule has 0 bridgehead atoms. The zero-order chi connectivity index (χ0) is 17.8. The highest BCUT2D eigenvalue weighted by atomic mass is 15.2. The van der Waals surface area contributed by atoms with Crippen molar-refractivity contribution in [1.82, 2.24) is 34.4 Å². The van der Waals surface area contributed by atoms with Crippen molar-refractivity contribution in [3.63, 3.8) is 0 Å². The standard InChI is InChI=1S/C19H23N7/c1-2-9-26-14-24-16-4-3-15(10-17(16)26)11-25(12-18-20-5-6-21-18)13-19-22-7-8-23-19/h3-8,10,14H,2,9,11-13H2,1H3,(H,20,21)(H,22,23). The van der Waals surface area contributed by atoms with E-state index in [9.17, 15) is 0 Å². The number of aromatic amines is 2. The second-order valence-electron chi connectivity index (χ2n) is 6.48. The lowest BCUT2D eigenvalue weighted by Crippen LogP contribution is -2.23. The van der Waals surface area contributed by atoms with Crippen LogP contribution in [0, 0.1) is 0 Å². The monoisotopic (exact) mass is 349 g/mol. The summed E-state index contributed by atoms with van der Waals surface area (Å²) in [6, 6.07) is 6.51. The number of rotatable bonds is 8. The summed E-state index contributed by atoms with van der Waals surface area (Å²) in [6.45, 7) is 5.46. The van der Waals surface area contributed by atoms with E-state index in [1.54, 1.807) is 12.4 Å². The van der Waals surface area contributed by atoms with E-state index in [-0.39, 0.29) is 0 Å². The van der Waals surface area contributed by atoms with Crippen LogP contribution in [0.25, 0.3) is 11.0 Å². The van der Waals surface area contributed by atoms with Gasteiger partial charge in [0.15, 0.2) is 0 Å². The minimum atomic E-state index is 0.736. The molecule has 0 saturated carbocycles. The van der Waals surface area contributed by atoms with Crippen molar-refractivity contribution in [2.75, 3.05) is 0 Å². The molecule has 134 valence electrons. The Bertz CT molecular complexity index is 902. The Kier molecular flexibility index (Phi) is 4.79. The molecule has 1 aromatic carbocycles. The molecular weight excluding hydrogens is 326 g/mol. The van der Waals surface area contributed by atoms with E-state index in [1.807, 2.05) is 18.7 Å². The fourth-order valence-corrected chi connectivity index (χ4v) is 3.24. The van der Waals surface area contributed by atoms with Crippen LogP contribution in [0.1, 0.15) is 30.6 Å². The zero-order valence-corrected chi connectivity index (χ0v) is 14.9. The van der Waals surface area contributed by atoms with Crippen LogP contribution in [0.4, 0.5) is 0 Å². The predicted molar refractivity (Wildman–Crippen MR) is 100 cm³/mol. The van der Waals surface area contributed by atoms with Crippen molar-refractivity contribution in [3.05, 3.63) is 66.5 Å². The van der Waals surface area contributed by atoms with Gasteiger partial charge in [0.05, 0.1) is 30.5 Å². The van der Waals surface area contributed by atoms with Gasteiger partial charge in [-0.3, -0.25) is 4.90 Å². The van der Waals surface area contributed by atoms with E-state index in [0.29, 0.717) is 0 Å². The number of aryl methyl sites for hydroxylation is 1. The highest BCUT2D eigenvalue weighted by Crippen LogP contribution is 2.18. The van der Waals surface area contributed by atoms with E-state index in [1.165, 1.54) is 11.1 Å². The van der Waals surface area contributed by atoms with Crippen molar-refractivity contribution in [2.45, 2.75) is 39.5 Å². The zero-order valence-electron chi connectivity index (χ0n) is 14.9. The third kappa shape index (κ3) is 3.67. The Morgan fingerprint density at radius 2 is 1.69 bits per heavy atom. The molecule has 0 saturated heterocycles. The normalized spacial score (nSPS) is 11.6. The third-order valence-corrected chi connectivity index (χ3v) is 4.41. The molecule has 26 heavy (non-hydrogen) atoms. The van der Waals surface area contributed by atoms with Gasteiger partial charge in [-0.1, -0.05) is 13.0 Å². The smallest absolute Gasteiger partial charge is 0.120 e. The molecule has 0 aliphatic rings. The average molecular weight is 349 g/mol. The number of H-pyrrole nitrogens is 2. The summed E-state index contributed by atoms with van der Waals surface area (Å²) in [4.78, 5) is 21.9. The highest BCUT2D eigenvalue weighted by Gasteiger charge is 2.12. The second-order valence-corrected chi connectivity index (χ2v) is 6.48. The summed E-state index contributed by atoms with van der Waals surface area (Å²) in [5.41, 5.74) is 3.50. The summed E-state index contributed by atoms with van der Waals surface area (Å²) in [5.74, 6) is 1.90.